The van der Waals surface area contributed by atoms with Gasteiger partial charge in [0.1, 0.15) is 5.65 Å². The van der Waals surface area contributed by atoms with Gasteiger partial charge in [-0.1, -0.05) is 23.2 Å². The third-order valence-electron chi connectivity index (χ3n) is 10.5. The Labute approximate surface area is 308 Å². The van der Waals surface area contributed by atoms with E-state index in [1.54, 1.807) is 23.8 Å². The second-order valence-corrected chi connectivity index (χ2v) is 14.8. The summed E-state index contributed by atoms with van der Waals surface area (Å²) in [6, 6.07) is 14.2. The standard InChI is InChI=1S/C38H46Cl2N8O3/c1-25(49)47-12-9-26(10-13-47)27-21-33(39)35(34(40)22-27)32-20-28-23-41-38(44-36(28)48(37(32)50)15-14-46-16-18-51-19-17-46)43-30-7-5-29(6-8-30)42-31-4-3-11-45(2)24-31/h5-8,20-23,26,31,42H,3-4,9-19,24H2,1-2H3,(H,41,43,44). The maximum absolute atomic E-state index is 14.4. The minimum absolute atomic E-state index is 0.0951. The van der Waals surface area contributed by atoms with E-state index in [0.29, 0.717) is 83.6 Å². The summed E-state index contributed by atoms with van der Waals surface area (Å²) in [7, 11) is 2.17. The molecule has 0 saturated carbocycles. The van der Waals surface area contributed by atoms with Crippen LogP contribution in [0.3, 0.4) is 0 Å². The van der Waals surface area contributed by atoms with Gasteiger partial charge in [-0.2, -0.15) is 4.98 Å². The van der Waals surface area contributed by atoms with Gasteiger partial charge in [-0.05, 0) is 93.2 Å². The van der Waals surface area contributed by atoms with Gasteiger partial charge in [-0.25, -0.2) is 4.98 Å². The highest BCUT2D eigenvalue weighted by molar-refractivity contribution is 6.39. The average molecular weight is 734 g/mol. The fraction of sp³-hybridized carbons (Fsp3) is 0.474. The molecule has 7 rings (SSSR count). The van der Waals surface area contributed by atoms with Crippen molar-refractivity contribution in [2.24, 2.45) is 0 Å². The van der Waals surface area contributed by atoms with Crippen molar-refractivity contribution in [1.29, 1.82) is 0 Å². The van der Waals surface area contributed by atoms with E-state index in [4.69, 9.17) is 32.9 Å². The van der Waals surface area contributed by atoms with Crippen molar-refractivity contribution < 1.29 is 9.53 Å². The molecule has 3 fully saturated rings. The summed E-state index contributed by atoms with van der Waals surface area (Å²) in [6.07, 6.45) is 5.78. The maximum Gasteiger partial charge on any atom is 0.260 e. The number of likely N-dealkylation sites (N-methyl/N-ethyl adjacent to an activating group) is 1. The van der Waals surface area contributed by atoms with Crippen LogP contribution in [0.15, 0.2) is 53.5 Å². The molecule has 1 unspecified atom stereocenters. The van der Waals surface area contributed by atoms with E-state index in [0.717, 1.165) is 62.4 Å². The monoisotopic (exact) mass is 732 g/mol. The van der Waals surface area contributed by atoms with Crippen molar-refractivity contribution in [3.05, 3.63) is 74.6 Å². The number of morpholine rings is 1. The van der Waals surface area contributed by atoms with Crippen LogP contribution in [0.2, 0.25) is 10.0 Å². The SMILES string of the molecule is CC(=O)N1CCC(c2cc(Cl)c(-c3cc4cnc(Nc5ccc(NC6CCCN(C)C6)cc5)nc4n(CCN4CCOCC4)c3=O)c(Cl)c2)CC1. The molecule has 0 radical (unpaired) electrons. The number of carbonyl (C=O) groups is 1. The summed E-state index contributed by atoms with van der Waals surface area (Å²) in [5, 5.41) is 8.55. The lowest BCUT2D eigenvalue weighted by molar-refractivity contribution is -0.129. The molecule has 0 bridgehead atoms. The number of amides is 1. The first kappa shape index (κ1) is 35.7. The summed E-state index contributed by atoms with van der Waals surface area (Å²) in [6.45, 7) is 9.24. The Hall–Kier alpha value is -3.74. The molecule has 2 N–H and O–H groups in total. The van der Waals surface area contributed by atoms with Crippen LogP contribution in [0.4, 0.5) is 17.3 Å². The number of ether oxygens (including phenoxy) is 1. The zero-order valence-electron chi connectivity index (χ0n) is 29.3. The highest BCUT2D eigenvalue weighted by Gasteiger charge is 2.25. The van der Waals surface area contributed by atoms with Crippen LogP contribution in [0.5, 0.6) is 0 Å². The van der Waals surface area contributed by atoms with Gasteiger partial charge < -0.3 is 25.2 Å². The van der Waals surface area contributed by atoms with Crippen LogP contribution >= 0.6 is 23.2 Å². The zero-order chi connectivity index (χ0) is 35.5. The highest BCUT2D eigenvalue weighted by atomic mass is 35.5. The third kappa shape index (κ3) is 8.34. The second kappa shape index (κ2) is 15.9. The summed E-state index contributed by atoms with van der Waals surface area (Å²) in [4.78, 5) is 42.3. The third-order valence-corrected chi connectivity index (χ3v) is 11.0. The number of hydrogen-bond donors (Lipinski definition) is 2. The zero-order valence-corrected chi connectivity index (χ0v) is 30.8. The van der Waals surface area contributed by atoms with Crippen LogP contribution in [-0.2, 0) is 16.1 Å². The number of carbonyl (C=O) groups excluding carboxylic acids is 1. The van der Waals surface area contributed by atoms with Crippen LogP contribution in [-0.4, -0.2) is 107 Å². The number of pyridine rings is 1. The number of nitrogens with one attached hydrogen (secondary N) is 2. The number of rotatable bonds is 9. The summed E-state index contributed by atoms with van der Waals surface area (Å²) in [5.41, 5.74) is 4.19. The molecule has 0 aliphatic carbocycles. The van der Waals surface area contributed by atoms with Gasteiger partial charge in [0.15, 0.2) is 0 Å². The first-order valence-electron chi connectivity index (χ1n) is 18.0. The fourth-order valence-corrected chi connectivity index (χ4v) is 8.29. The molecule has 3 saturated heterocycles. The van der Waals surface area contributed by atoms with Crippen molar-refractivity contribution >= 4 is 57.5 Å². The first-order valence-corrected chi connectivity index (χ1v) is 18.7. The molecule has 3 aliphatic heterocycles. The van der Waals surface area contributed by atoms with E-state index in [2.05, 4.69) is 44.6 Å². The number of hydrogen-bond acceptors (Lipinski definition) is 9. The quantitative estimate of drug-likeness (QED) is 0.212. The van der Waals surface area contributed by atoms with E-state index in [1.807, 2.05) is 29.2 Å². The maximum atomic E-state index is 14.4. The molecular weight excluding hydrogens is 687 g/mol. The number of halogens is 2. The summed E-state index contributed by atoms with van der Waals surface area (Å²) >= 11 is 13.9. The number of piperidine rings is 2. The van der Waals surface area contributed by atoms with Gasteiger partial charge in [0, 0.05) is 87.3 Å². The van der Waals surface area contributed by atoms with Crippen LogP contribution in [0, 0.1) is 0 Å². The van der Waals surface area contributed by atoms with Gasteiger partial charge >= 0.3 is 0 Å². The van der Waals surface area contributed by atoms with Gasteiger partial charge in [0.25, 0.3) is 5.56 Å². The fourth-order valence-electron chi connectivity index (χ4n) is 7.58. The topological polar surface area (TPSA) is 108 Å². The van der Waals surface area contributed by atoms with Crippen molar-refractivity contribution in [3.63, 3.8) is 0 Å². The molecule has 3 aliphatic rings. The van der Waals surface area contributed by atoms with Crippen LogP contribution in [0.25, 0.3) is 22.2 Å². The normalized spacial score (nSPS) is 19.4. The molecule has 270 valence electrons. The lowest BCUT2D eigenvalue weighted by atomic mass is 9.88. The van der Waals surface area contributed by atoms with E-state index >= 15 is 0 Å². The number of benzene rings is 2. The highest BCUT2D eigenvalue weighted by Crippen LogP contribution is 2.39. The Kier molecular flexibility index (Phi) is 11.1. The molecular formula is C38H46Cl2N8O3. The Morgan fingerprint density at radius 3 is 2.33 bits per heavy atom. The van der Waals surface area contributed by atoms with Gasteiger partial charge in [-0.15, -0.1) is 0 Å². The largest absolute Gasteiger partial charge is 0.381 e. The Morgan fingerprint density at radius 1 is 0.941 bits per heavy atom. The Balaban J connectivity index is 1.17. The molecule has 2 aromatic carbocycles. The number of fused-ring (bicyclic) bond motifs is 1. The molecule has 0 spiro atoms. The molecule has 13 heteroatoms. The average Bonchev–Trinajstić information content (AvgIpc) is 3.12. The van der Waals surface area contributed by atoms with E-state index in [-0.39, 0.29) is 17.4 Å². The molecule has 1 atom stereocenters. The predicted molar refractivity (Wildman–Crippen MR) is 205 cm³/mol. The van der Waals surface area contributed by atoms with E-state index in [1.165, 1.54) is 6.42 Å². The van der Waals surface area contributed by atoms with Crippen molar-refractivity contribution in [2.45, 2.75) is 51.1 Å². The molecule has 2 aromatic heterocycles. The van der Waals surface area contributed by atoms with Crippen molar-refractivity contribution in [1.82, 2.24) is 29.2 Å². The summed E-state index contributed by atoms with van der Waals surface area (Å²) in [5.74, 6) is 0.732. The first-order chi connectivity index (χ1) is 24.7. The Morgan fingerprint density at radius 2 is 1.65 bits per heavy atom. The molecule has 4 aromatic rings. The summed E-state index contributed by atoms with van der Waals surface area (Å²) < 4.78 is 7.27. The number of anilines is 3. The number of likely N-dealkylation sites (tertiary alicyclic amines) is 2. The lowest BCUT2D eigenvalue weighted by Crippen LogP contribution is -2.39. The van der Waals surface area contributed by atoms with Crippen molar-refractivity contribution in [2.75, 3.05) is 76.7 Å². The van der Waals surface area contributed by atoms with E-state index < -0.39 is 0 Å². The van der Waals surface area contributed by atoms with Crippen molar-refractivity contribution in [3.8, 4) is 11.1 Å². The smallest absolute Gasteiger partial charge is 0.260 e. The second-order valence-electron chi connectivity index (χ2n) is 14.0. The predicted octanol–water partition coefficient (Wildman–Crippen LogP) is 6.07. The molecule has 51 heavy (non-hydrogen) atoms. The minimum Gasteiger partial charge on any atom is -0.381 e. The number of aromatic nitrogens is 3. The molecule has 11 nitrogen and oxygen atoms in total. The molecule has 1 amide bonds. The van der Waals surface area contributed by atoms with E-state index in [9.17, 15) is 9.59 Å². The lowest BCUT2D eigenvalue weighted by Gasteiger charge is -2.31. The van der Waals surface area contributed by atoms with Gasteiger partial charge in [-0.3, -0.25) is 19.1 Å². The van der Waals surface area contributed by atoms with Gasteiger partial charge in [0.05, 0.1) is 28.8 Å². The minimum atomic E-state index is -0.212. The Bertz CT molecular complexity index is 1900. The van der Waals surface area contributed by atoms with Crippen LogP contribution in [0.1, 0.15) is 44.1 Å². The number of nitrogens with zero attached hydrogens (tertiary/aromatic N) is 6. The molecule has 5 heterocycles. The van der Waals surface area contributed by atoms with Gasteiger partial charge in [0.2, 0.25) is 11.9 Å². The van der Waals surface area contributed by atoms with Crippen LogP contribution < -0.4 is 16.2 Å².